The normalized spacial score (nSPS) is 16.6. The zero-order chi connectivity index (χ0) is 22.8. The Morgan fingerprint density at radius 1 is 1.06 bits per heavy atom. The molecule has 0 spiro atoms. The molecule has 0 bridgehead atoms. The molecule has 0 saturated heterocycles. The predicted octanol–water partition coefficient (Wildman–Crippen LogP) is 6.49. The SMILES string of the molecule is O=C(Cc1ccc(C2=CN=C(CC(=O)C3(c4cccc(Cl)c4)CCC3)C2)cc1)c1cscn1. The van der Waals surface area contributed by atoms with Gasteiger partial charge >= 0.3 is 0 Å². The van der Waals surface area contributed by atoms with Crippen molar-refractivity contribution in [1.29, 1.82) is 0 Å². The van der Waals surface area contributed by atoms with Gasteiger partial charge in [-0.25, -0.2) is 4.98 Å². The molecule has 0 N–H and O–H groups in total. The summed E-state index contributed by atoms with van der Waals surface area (Å²) in [6.45, 7) is 0. The summed E-state index contributed by atoms with van der Waals surface area (Å²) in [5.74, 6) is 0.262. The van der Waals surface area contributed by atoms with Gasteiger partial charge in [-0.2, -0.15) is 0 Å². The van der Waals surface area contributed by atoms with Crippen molar-refractivity contribution >= 4 is 45.8 Å². The molecule has 6 heteroatoms. The van der Waals surface area contributed by atoms with E-state index < -0.39 is 5.41 Å². The summed E-state index contributed by atoms with van der Waals surface area (Å²) >= 11 is 7.62. The number of hydrogen-bond donors (Lipinski definition) is 0. The molecule has 2 aromatic carbocycles. The minimum atomic E-state index is -0.415. The van der Waals surface area contributed by atoms with Crippen LogP contribution in [-0.4, -0.2) is 22.3 Å². The molecule has 0 amide bonds. The Bertz CT molecular complexity index is 1260. The van der Waals surface area contributed by atoms with E-state index in [1.54, 1.807) is 10.9 Å². The highest BCUT2D eigenvalue weighted by Gasteiger charge is 2.45. The first-order valence-electron chi connectivity index (χ1n) is 11.1. The first kappa shape index (κ1) is 21.9. The lowest BCUT2D eigenvalue weighted by Gasteiger charge is -2.41. The molecule has 1 aliphatic heterocycles. The minimum Gasteiger partial charge on any atom is -0.298 e. The van der Waals surface area contributed by atoms with Crippen molar-refractivity contribution in [2.75, 3.05) is 0 Å². The van der Waals surface area contributed by atoms with Crippen LogP contribution < -0.4 is 0 Å². The predicted molar refractivity (Wildman–Crippen MR) is 133 cm³/mol. The zero-order valence-electron chi connectivity index (χ0n) is 18.1. The maximum atomic E-state index is 13.3. The Kier molecular flexibility index (Phi) is 6.09. The summed E-state index contributed by atoms with van der Waals surface area (Å²) in [6.07, 6.45) is 6.06. The van der Waals surface area contributed by atoms with E-state index in [9.17, 15) is 9.59 Å². The average Bonchev–Trinajstić information content (AvgIpc) is 3.46. The van der Waals surface area contributed by atoms with E-state index in [4.69, 9.17) is 11.6 Å². The molecule has 1 saturated carbocycles. The molecule has 1 aromatic heterocycles. The van der Waals surface area contributed by atoms with E-state index in [1.807, 2.05) is 54.7 Å². The third-order valence-electron chi connectivity index (χ3n) is 6.69. The Labute approximate surface area is 202 Å². The summed E-state index contributed by atoms with van der Waals surface area (Å²) in [4.78, 5) is 34.2. The number of carbonyl (C=O) groups excluding carboxylic acids is 2. The maximum absolute atomic E-state index is 13.3. The Balaban J connectivity index is 1.21. The van der Waals surface area contributed by atoms with Gasteiger partial charge in [0.1, 0.15) is 11.5 Å². The van der Waals surface area contributed by atoms with Crippen molar-refractivity contribution in [3.63, 3.8) is 0 Å². The number of rotatable bonds is 8. The molecule has 33 heavy (non-hydrogen) atoms. The monoisotopic (exact) mass is 474 g/mol. The number of benzene rings is 2. The maximum Gasteiger partial charge on any atom is 0.186 e. The molecular formula is C27H23ClN2O2S. The fourth-order valence-electron chi connectivity index (χ4n) is 4.63. The van der Waals surface area contributed by atoms with Gasteiger partial charge in [-0.05, 0) is 47.2 Å². The first-order chi connectivity index (χ1) is 16.0. The Morgan fingerprint density at radius 2 is 1.88 bits per heavy atom. The lowest BCUT2D eigenvalue weighted by Crippen LogP contribution is -2.43. The number of halogens is 1. The third kappa shape index (κ3) is 4.48. The van der Waals surface area contributed by atoms with Gasteiger partial charge < -0.3 is 0 Å². The second-order valence-corrected chi connectivity index (χ2v) is 9.90. The van der Waals surface area contributed by atoms with Crippen LogP contribution in [0.25, 0.3) is 5.57 Å². The highest BCUT2D eigenvalue weighted by atomic mass is 35.5. The molecule has 3 aromatic rings. The van der Waals surface area contributed by atoms with E-state index in [0.29, 0.717) is 30.0 Å². The minimum absolute atomic E-state index is 0.0258. The second kappa shape index (κ2) is 9.16. The Morgan fingerprint density at radius 3 is 2.55 bits per heavy atom. The van der Waals surface area contributed by atoms with Crippen LogP contribution in [0.15, 0.2) is 70.6 Å². The number of allylic oxidation sites excluding steroid dienone is 1. The highest BCUT2D eigenvalue weighted by Crippen LogP contribution is 2.46. The van der Waals surface area contributed by atoms with Crippen molar-refractivity contribution < 1.29 is 9.59 Å². The number of aliphatic imine (C=N–C) groups is 1. The number of aromatic nitrogens is 1. The van der Waals surface area contributed by atoms with Crippen LogP contribution >= 0.6 is 22.9 Å². The molecule has 4 nitrogen and oxygen atoms in total. The number of ketones is 2. The zero-order valence-corrected chi connectivity index (χ0v) is 19.7. The lowest BCUT2D eigenvalue weighted by molar-refractivity contribution is -0.126. The van der Waals surface area contributed by atoms with Crippen LogP contribution in [0.1, 0.15) is 59.3 Å². The summed E-state index contributed by atoms with van der Waals surface area (Å²) < 4.78 is 0. The molecule has 2 aliphatic rings. The fraction of sp³-hybridized carbons (Fsp3) is 0.259. The smallest absolute Gasteiger partial charge is 0.186 e. The molecule has 1 aliphatic carbocycles. The van der Waals surface area contributed by atoms with Gasteiger partial charge in [0.05, 0.1) is 10.9 Å². The average molecular weight is 475 g/mol. The van der Waals surface area contributed by atoms with Gasteiger partial charge in [-0.1, -0.05) is 54.4 Å². The van der Waals surface area contributed by atoms with Crippen LogP contribution in [-0.2, 0) is 16.6 Å². The van der Waals surface area contributed by atoms with Crippen LogP contribution in [0.3, 0.4) is 0 Å². The molecule has 0 radical (unpaired) electrons. The summed E-state index contributed by atoms with van der Waals surface area (Å²) in [5.41, 5.74) is 6.84. The lowest BCUT2D eigenvalue weighted by atomic mass is 9.61. The van der Waals surface area contributed by atoms with Gasteiger partial charge in [-0.3, -0.25) is 14.6 Å². The van der Waals surface area contributed by atoms with E-state index in [1.165, 1.54) is 11.3 Å². The highest BCUT2D eigenvalue weighted by molar-refractivity contribution is 7.07. The van der Waals surface area contributed by atoms with Crippen molar-refractivity contribution in [1.82, 2.24) is 4.98 Å². The molecule has 2 heterocycles. The van der Waals surface area contributed by atoms with Crippen molar-refractivity contribution in [3.05, 3.63) is 93.0 Å². The van der Waals surface area contributed by atoms with E-state index in [0.717, 1.165) is 47.2 Å². The van der Waals surface area contributed by atoms with Gasteiger partial charge in [0, 0.05) is 41.6 Å². The summed E-state index contributed by atoms with van der Waals surface area (Å²) in [7, 11) is 0. The number of hydrogen-bond acceptors (Lipinski definition) is 5. The van der Waals surface area contributed by atoms with Crippen molar-refractivity contribution in [3.8, 4) is 0 Å². The van der Waals surface area contributed by atoms with Gasteiger partial charge in [-0.15, -0.1) is 11.3 Å². The van der Waals surface area contributed by atoms with E-state index >= 15 is 0 Å². The molecule has 0 unspecified atom stereocenters. The quantitative estimate of drug-likeness (QED) is 0.350. The molecule has 0 atom stereocenters. The van der Waals surface area contributed by atoms with Gasteiger partial charge in [0.15, 0.2) is 5.78 Å². The molecule has 166 valence electrons. The van der Waals surface area contributed by atoms with Crippen LogP contribution in [0.5, 0.6) is 0 Å². The Hall–Kier alpha value is -2.89. The fourth-order valence-corrected chi connectivity index (χ4v) is 5.37. The van der Waals surface area contributed by atoms with Crippen molar-refractivity contribution in [2.24, 2.45) is 4.99 Å². The first-order valence-corrected chi connectivity index (χ1v) is 12.4. The van der Waals surface area contributed by atoms with Crippen molar-refractivity contribution in [2.45, 2.75) is 43.9 Å². The number of carbonyl (C=O) groups is 2. The standard InChI is InChI=1S/C27H23ClN2O2S/c28-22-4-1-3-21(13-22)27(9-2-10-27)26(32)14-23-12-20(15-29-23)19-7-5-18(6-8-19)11-25(31)24-16-33-17-30-24/h1,3-8,13,15-17H,2,9-12,14H2. The van der Waals surface area contributed by atoms with Gasteiger partial charge in [0.2, 0.25) is 0 Å². The van der Waals surface area contributed by atoms with Crippen LogP contribution in [0.2, 0.25) is 5.02 Å². The van der Waals surface area contributed by atoms with Gasteiger partial charge in [0.25, 0.3) is 0 Å². The van der Waals surface area contributed by atoms with E-state index in [-0.39, 0.29) is 11.6 Å². The topological polar surface area (TPSA) is 59.4 Å². The number of thiazole rings is 1. The molecule has 5 rings (SSSR count). The van der Waals surface area contributed by atoms with Crippen LogP contribution in [0.4, 0.5) is 0 Å². The molecular weight excluding hydrogens is 452 g/mol. The summed E-state index contributed by atoms with van der Waals surface area (Å²) in [6, 6.07) is 15.7. The summed E-state index contributed by atoms with van der Waals surface area (Å²) in [5, 5.41) is 2.45. The number of nitrogens with zero attached hydrogens (tertiary/aromatic N) is 2. The second-order valence-electron chi connectivity index (χ2n) is 8.74. The van der Waals surface area contributed by atoms with E-state index in [2.05, 4.69) is 9.98 Å². The largest absolute Gasteiger partial charge is 0.298 e. The number of Topliss-reactive ketones (excluding diaryl/α,β-unsaturated/α-hetero) is 2. The van der Waals surface area contributed by atoms with Crippen LogP contribution in [0, 0.1) is 0 Å². The third-order valence-corrected chi connectivity index (χ3v) is 7.51. The molecule has 1 fully saturated rings.